The molecule has 1 N–H and O–H groups in total. The summed E-state index contributed by atoms with van der Waals surface area (Å²) < 4.78 is 5.22. The van der Waals surface area contributed by atoms with E-state index < -0.39 is 0 Å². The minimum Gasteiger partial charge on any atom is -0.469 e. The summed E-state index contributed by atoms with van der Waals surface area (Å²) in [6, 6.07) is 6.83. The first-order chi connectivity index (χ1) is 8.65. The molecule has 0 aliphatic carbocycles. The van der Waals surface area contributed by atoms with Crippen LogP contribution in [0.2, 0.25) is 5.02 Å². The van der Waals surface area contributed by atoms with Gasteiger partial charge in [0.25, 0.3) is 5.91 Å². The zero-order valence-corrected chi connectivity index (χ0v) is 10.6. The number of rotatable bonds is 4. The Labute approximate surface area is 110 Å². The molecule has 0 bridgehead atoms. The first kappa shape index (κ1) is 12.6. The summed E-state index contributed by atoms with van der Waals surface area (Å²) in [5.41, 5.74) is 0.314. The van der Waals surface area contributed by atoms with Gasteiger partial charge in [-0.3, -0.25) is 9.78 Å². The van der Waals surface area contributed by atoms with Gasteiger partial charge >= 0.3 is 0 Å². The van der Waals surface area contributed by atoms with Crippen LogP contribution in [0.5, 0.6) is 0 Å². The van der Waals surface area contributed by atoms with Gasteiger partial charge in [0.15, 0.2) is 0 Å². The molecular weight excluding hydrogens is 252 g/mol. The number of halogens is 1. The molecule has 0 aliphatic rings. The zero-order valence-electron chi connectivity index (χ0n) is 9.89. The molecule has 0 spiro atoms. The van der Waals surface area contributed by atoms with E-state index in [9.17, 15) is 4.79 Å². The Hall–Kier alpha value is -1.81. The van der Waals surface area contributed by atoms with E-state index in [0.29, 0.717) is 17.1 Å². The fourth-order valence-electron chi connectivity index (χ4n) is 1.61. The first-order valence-corrected chi connectivity index (χ1v) is 5.98. The molecular formula is C13H13ClN2O2. The van der Waals surface area contributed by atoms with Gasteiger partial charge in [0.2, 0.25) is 0 Å². The number of carbonyl (C=O) groups is 1. The Morgan fingerprint density at radius 2 is 2.39 bits per heavy atom. The van der Waals surface area contributed by atoms with Crippen LogP contribution in [0, 0.1) is 0 Å². The van der Waals surface area contributed by atoms with Gasteiger partial charge in [0, 0.05) is 23.7 Å². The van der Waals surface area contributed by atoms with E-state index in [-0.39, 0.29) is 11.9 Å². The van der Waals surface area contributed by atoms with Gasteiger partial charge in [-0.2, -0.15) is 0 Å². The number of furan rings is 1. The third-order valence-electron chi connectivity index (χ3n) is 2.42. The number of hydrogen-bond acceptors (Lipinski definition) is 3. The number of pyridine rings is 1. The molecule has 5 heteroatoms. The molecule has 0 radical (unpaired) electrons. The Morgan fingerprint density at radius 3 is 3.06 bits per heavy atom. The Bertz CT molecular complexity index is 526. The van der Waals surface area contributed by atoms with E-state index in [1.165, 1.54) is 12.3 Å². The number of hydrogen-bond donors (Lipinski definition) is 1. The van der Waals surface area contributed by atoms with Gasteiger partial charge in [0.05, 0.1) is 6.26 Å². The second kappa shape index (κ2) is 5.69. The lowest BCUT2D eigenvalue weighted by molar-refractivity contribution is 0.0934. The van der Waals surface area contributed by atoms with Crippen molar-refractivity contribution in [2.24, 2.45) is 0 Å². The van der Waals surface area contributed by atoms with E-state index in [0.717, 1.165) is 5.76 Å². The zero-order chi connectivity index (χ0) is 13.0. The summed E-state index contributed by atoms with van der Waals surface area (Å²) in [6.45, 7) is 1.91. The summed E-state index contributed by atoms with van der Waals surface area (Å²) in [5.74, 6) is 0.596. The van der Waals surface area contributed by atoms with Gasteiger partial charge in [0.1, 0.15) is 11.5 Å². The first-order valence-electron chi connectivity index (χ1n) is 5.60. The van der Waals surface area contributed by atoms with Crippen LogP contribution in [-0.2, 0) is 6.42 Å². The summed E-state index contributed by atoms with van der Waals surface area (Å²) in [7, 11) is 0. The molecule has 2 rings (SSSR count). The lowest BCUT2D eigenvalue weighted by atomic mass is 10.2. The SMILES string of the molecule is CC(Cc1ccco1)NC(=O)c1cc(Cl)ccn1. The third-order valence-corrected chi connectivity index (χ3v) is 2.65. The summed E-state index contributed by atoms with van der Waals surface area (Å²) >= 11 is 5.81. The van der Waals surface area contributed by atoms with Crippen LogP contribution in [0.25, 0.3) is 0 Å². The third kappa shape index (κ3) is 3.34. The van der Waals surface area contributed by atoms with Crippen LogP contribution < -0.4 is 5.32 Å². The highest BCUT2D eigenvalue weighted by molar-refractivity contribution is 6.30. The summed E-state index contributed by atoms with van der Waals surface area (Å²) in [4.78, 5) is 15.8. The second-order valence-corrected chi connectivity index (χ2v) is 4.45. The average molecular weight is 265 g/mol. The molecule has 0 aromatic carbocycles. The monoisotopic (exact) mass is 264 g/mol. The molecule has 0 fully saturated rings. The minimum atomic E-state index is -0.239. The molecule has 2 aromatic heterocycles. The van der Waals surface area contributed by atoms with Gasteiger partial charge in [-0.05, 0) is 31.2 Å². The van der Waals surface area contributed by atoms with Crippen LogP contribution in [0.3, 0.4) is 0 Å². The largest absolute Gasteiger partial charge is 0.469 e. The van der Waals surface area contributed by atoms with Crippen LogP contribution in [0.15, 0.2) is 41.1 Å². The van der Waals surface area contributed by atoms with Crippen molar-refractivity contribution < 1.29 is 9.21 Å². The highest BCUT2D eigenvalue weighted by Gasteiger charge is 2.12. The molecule has 0 saturated carbocycles. The smallest absolute Gasteiger partial charge is 0.270 e. The number of aromatic nitrogens is 1. The molecule has 94 valence electrons. The van der Waals surface area contributed by atoms with Crippen molar-refractivity contribution in [3.05, 3.63) is 53.2 Å². The summed E-state index contributed by atoms with van der Waals surface area (Å²) in [6.07, 6.45) is 3.76. The molecule has 0 aliphatic heterocycles. The standard InChI is InChI=1S/C13H13ClN2O2/c1-9(7-11-3-2-6-18-11)16-13(17)12-8-10(14)4-5-15-12/h2-6,8-9H,7H2,1H3,(H,16,17). The molecule has 2 aromatic rings. The highest BCUT2D eigenvalue weighted by Crippen LogP contribution is 2.09. The van der Waals surface area contributed by atoms with Gasteiger partial charge in [-0.25, -0.2) is 0 Å². The average Bonchev–Trinajstić information content (AvgIpc) is 2.81. The topological polar surface area (TPSA) is 55.1 Å². The van der Waals surface area contributed by atoms with E-state index in [4.69, 9.17) is 16.0 Å². The lowest BCUT2D eigenvalue weighted by Gasteiger charge is -2.12. The van der Waals surface area contributed by atoms with Crippen molar-refractivity contribution in [2.45, 2.75) is 19.4 Å². The Morgan fingerprint density at radius 1 is 1.56 bits per heavy atom. The van der Waals surface area contributed by atoms with Crippen LogP contribution in [0.4, 0.5) is 0 Å². The molecule has 2 heterocycles. The number of nitrogens with one attached hydrogen (secondary N) is 1. The predicted octanol–water partition coefficient (Wildman–Crippen LogP) is 2.69. The maximum Gasteiger partial charge on any atom is 0.270 e. The Balaban J connectivity index is 1.95. The number of nitrogens with zero attached hydrogens (tertiary/aromatic N) is 1. The highest BCUT2D eigenvalue weighted by atomic mass is 35.5. The van der Waals surface area contributed by atoms with Gasteiger partial charge < -0.3 is 9.73 Å². The molecule has 1 atom stereocenters. The van der Waals surface area contributed by atoms with Crippen LogP contribution >= 0.6 is 11.6 Å². The van der Waals surface area contributed by atoms with Crippen LogP contribution in [-0.4, -0.2) is 16.9 Å². The van der Waals surface area contributed by atoms with Crippen molar-refractivity contribution >= 4 is 17.5 Å². The van der Waals surface area contributed by atoms with Crippen molar-refractivity contribution in [3.63, 3.8) is 0 Å². The van der Waals surface area contributed by atoms with Gasteiger partial charge in [-0.1, -0.05) is 11.6 Å². The molecule has 4 nitrogen and oxygen atoms in total. The number of carbonyl (C=O) groups excluding carboxylic acids is 1. The predicted molar refractivity (Wildman–Crippen MR) is 68.6 cm³/mol. The maximum absolute atomic E-state index is 11.9. The van der Waals surface area contributed by atoms with Crippen molar-refractivity contribution in [3.8, 4) is 0 Å². The Kier molecular flexibility index (Phi) is 3.99. The molecule has 18 heavy (non-hydrogen) atoms. The van der Waals surface area contributed by atoms with E-state index in [2.05, 4.69) is 10.3 Å². The maximum atomic E-state index is 11.9. The van der Waals surface area contributed by atoms with E-state index in [1.807, 2.05) is 19.1 Å². The molecule has 1 amide bonds. The van der Waals surface area contributed by atoms with Crippen LogP contribution in [0.1, 0.15) is 23.2 Å². The number of amides is 1. The minimum absolute atomic E-state index is 0.0376. The summed E-state index contributed by atoms with van der Waals surface area (Å²) in [5, 5.41) is 3.34. The molecule has 0 saturated heterocycles. The second-order valence-electron chi connectivity index (χ2n) is 4.02. The van der Waals surface area contributed by atoms with Crippen molar-refractivity contribution in [1.82, 2.24) is 10.3 Å². The van der Waals surface area contributed by atoms with Crippen molar-refractivity contribution in [1.29, 1.82) is 0 Å². The van der Waals surface area contributed by atoms with Gasteiger partial charge in [-0.15, -0.1) is 0 Å². The van der Waals surface area contributed by atoms with E-state index >= 15 is 0 Å². The fraction of sp³-hybridized carbons (Fsp3) is 0.231. The normalized spacial score (nSPS) is 12.1. The van der Waals surface area contributed by atoms with E-state index in [1.54, 1.807) is 12.3 Å². The quantitative estimate of drug-likeness (QED) is 0.924. The fourth-order valence-corrected chi connectivity index (χ4v) is 1.77. The lowest BCUT2D eigenvalue weighted by Crippen LogP contribution is -2.34. The molecule has 1 unspecified atom stereocenters. The van der Waals surface area contributed by atoms with Crippen molar-refractivity contribution in [2.75, 3.05) is 0 Å².